The van der Waals surface area contributed by atoms with Crippen molar-refractivity contribution in [3.05, 3.63) is 69.3 Å². The molecule has 6 rings (SSSR count). The van der Waals surface area contributed by atoms with E-state index in [9.17, 15) is 10.1 Å². The van der Waals surface area contributed by atoms with Gasteiger partial charge < -0.3 is 15.0 Å². The highest BCUT2D eigenvalue weighted by molar-refractivity contribution is 6.33. The van der Waals surface area contributed by atoms with Crippen molar-refractivity contribution in [1.29, 1.82) is 5.26 Å². The average molecular weight is 450 g/mol. The number of piperazine rings is 1. The van der Waals surface area contributed by atoms with Gasteiger partial charge in [0.05, 0.1) is 17.3 Å². The molecule has 34 heavy (non-hydrogen) atoms. The van der Waals surface area contributed by atoms with E-state index in [1.54, 1.807) is 0 Å². The number of rotatable bonds is 1. The molecule has 2 saturated heterocycles. The Kier molecular flexibility index (Phi) is 5.06. The van der Waals surface area contributed by atoms with E-state index in [-0.39, 0.29) is 11.2 Å². The maximum absolute atomic E-state index is 14.1. The number of carbonyl (C=O) groups excluding carboxylic acids is 1. The molecule has 1 spiro atoms. The molecule has 0 atom stereocenters. The van der Waals surface area contributed by atoms with Gasteiger partial charge in [0.15, 0.2) is 5.78 Å². The molecule has 5 heteroatoms. The molecule has 2 aliphatic heterocycles. The van der Waals surface area contributed by atoms with Crippen molar-refractivity contribution in [2.45, 2.75) is 31.6 Å². The number of benzene rings is 2. The van der Waals surface area contributed by atoms with Crippen LogP contribution in [0.4, 0.5) is 5.69 Å². The Morgan fingerprint density at radius 3 is 2.62 bits per heavy atom. The lowest BCUT2D eigenvalue weighted by atomic mass is 9.62. The van der Waals surface area contributed by atoms with Crippen LogP contribution in [0.25, 0.3) is 5.57 Å². The summed E-state index contributed by atoms with van der Waals surface area (Å²) in [5, 5.41) is 12.9. The predicted octanol–water partition coefficient (Wildman–Crippen LogP) is 3.59. The zero-order valence-electron chi connectivity index (χ0n) is 19.5. The van der Waals surface area contributed by atoms with Crippen molar-refractivity contribution in [2.24, 2.45) is 0 Å². The Labute approximate surface area is 200 Å². The van der Waals surface area contributed by atoms with Gasteiger partial charge in [-0.3, -0.25) is 4.79 Å². The number of hydrogen-bond donors (Lipinski definition) is 1. The number of nitriles is 1. The summed E-state index contributed by atoms with van der Waals surface area (Å²) >= 11 is 0. The van der Waals surface area contributed by atoms with Gasteiger partial charge in [0.2, 0.25) is 0 Å². The number of carbonyl (C=O) groups is 1. The number of allylic oxidation sites excluding steroid dienone is 2. The lowest BCUT2D eigenvalue weighted by Crippen LogP contribution is -2.44. The Hall–Kier alpha value is -3.38. The summed E-state index contributed by atoms with van der Waals surface area (Å²) in [6.07, 6.45) is 2.46. The molecular formula is C29H27N3O2. The van der Waals surface area contributed by atoms with Crippen LogP contribution >= 0.6 is 0 Å². The molecule has 0 saturated carbocycles. The van der Waals surface area contributed by atoms with Gasteiger partial charge in [-0.1, -0.05) is 12.0 Å². The predicted molar refractivity (Wildman–Crippen MR) is 132 cm³/mol. The molecule has 0 aromatic heterocycles. The third kappa shape index (κ3) is 3.05. The minimum absolute atomic E-state index is 0.0941. The van der Waals surface area contributed by atoms with Crippen LogP contribution in [0.1, 0.15) is 57.9 Å². The fourth-order valence-electron chi connectivity index (χ4n) is 6.33. The van der Waals surface area contributed by atoms with Crippen LogP contribution in [0, 0.1) is 23.2 Å². The van der Waals surface area contributed by atoms with Crippen LogP contribution in [0.2, 0.25) is 0 Å². The minimum atomic E-state index is -0.219. The van der Waals surface area contributed by atoms with E-state index in [1.165, 1.54) is 5.57 Å². The van der Waals surface area contributed by atoms with Gasteiger partial charge in [-0.25, -0.2) is 0 Å². The zero-order valence-corrected chi connectivity index (χ0v) is 19.5. The molecule has 1 N–H and O–H groups in total. The molecule has 2 fully saturated rings. The molecule has 2 aromatic rings. The number of nitrogens with zero attached hydrogens (tertiary/aromatic N) is 2. The maximum atomic E-state index is 14.1. The standard InChI is InChI=1S/C29H27N3O2/c1-2-3-20-15-23-24(17-26(20)32-10-8-31-9-11-32)29(6-12-34-13-7-29)25-16-21-14-19(18-30)4-5-22(21)27(25)28(23)33/h4-5,14-15,17,31H,6-13,16H2,1H3. The lowest BCUT2D eigenvalue weighted by Gasteiger charge is -2.44. The molecule has 0 bridgehead atoms. The Morgan fingerprint density at radius 1 is 1.09 bits per heavy atom. The summed E-state index contributed by atoms with van der Waals surface area (Å²) in [5.74, 6) is 6.45. The summed E-state index contributed by atoms with van der Waals surface area (Å²) in [6.45, 7) is 6.96. The van der Waals surface area contributed by atoms with Gasteiger partial charge in [-0.15, -0.1) is 5.92 Å². The SMILES string of the molecule is CC#Cc1cc2c(cc1N1CCNCC1)C1(CCOCC1)C1=C(C2=O)c2ccc(C#N)cc2C1. The number of ether oxygens (including phenoxy) is 1. The monoisotopic (exact) mass is 449 g/mol. The highest BCUT2D eigenvalue weighted by Gasteiger charge is 2.49. The number of ketones is 1. The third-order valence-corrected chi connectivity index (χ3v) is 7.94. The third-order valence-electron chi connectivity index (χ3n) is 7.94. The number of hydrogen-bond acceptors (Lipinski definition) is 5. The maximum Gasteiger partial charge on any atom is 0.193 e. The highest BCUT2D eigenvalue weighted by Crippen LogP contribution is 2.55. The van der Waals surface area contributed by atoms with Crippen molar-refractivity contribution < 1.29 is 9.53 Å². The van der Waals surface area contributed by atoms with E-state index in [0.29, 0.717) is 18.8 Å². The summed E-state index contributed by atoms with van der Waals surface area (Å²) in [5.41, 5.74) is 8.57. The first-order chi connectivity index (χ1) is 16.7. The normalized spacial score (nSPS) is 20.2. The zero-order chi connectivity index (χ0) is 23.3. The van der Waals surface area contributed by atoms with Gasteiger partial charge in [0.25, 0.3) is 0 Å². The summed E-state index contributed by atoms with van der Waals surface area (Å²) in [4.78, 5) is 16.5. The Morgan fingerprint density at radius 2 is 1.88 bits per heavy atom. The molecule has 2 heterocycles. The first-order valence-electron chi connectivity index (χ1n) is 12.1. The van der Waals surface area contributed by atoms with E-state index < -0.39 is 0 Å². The van der Waals surface area contributed by atoms with E-state index in [4.69, 9.17) is 4.74 Å². The van der Waals surface area contributed by atoms with E-state index in [1.807, 2.05) is 31.2 Å². The Bertz CT molecular complexity index is 1340. The summed E-state index contributed by atoms with van der Waals surface area (Å²) in [6, 6.07) is 12.3. The first kappa shape index (κ1) is 21.2. The highest BCUT2D eigenvalue weighted by atomic mass is 16.5. The van der Waals surface area contributed by atoms with Crippen molar-refractivity contribution >= 4 is 17.0 Å². The second-order valence-electron chi connectivity index (χ2n) is 9.56. The van der Waals surface area contributed by atoms with E-state index in [0.717, 1.165) is 84.5 Å². The van der Waals surface area contributed by atoms with Crippen LogP contribution in [-0.4, -0.2) is 45.2 Å². The molecule has 170 valence electrons. The topological polar surface area (TPSA) is 65.4 Å². The molecule has 0 amide bonds. The molecule has 4 aliphatic rings. The molecular weight excluding hydrogens is 422 g/mol. The van der Waals surface area contributed by atoms with Crippen LogP contribution < -0.4 is 10.2 Å². The Balaban J connectivity index is 1.58. The van der Waals surface area contributed by atoms with Crippen LogP contribution in [0.15, 0.2) is 35.9 Å². The van der Waals surface area contributed by atoms with Crippen molar-refractivity contribution in [3.63, 3.8) is 0 Å². The van der Waals surface area contributed by atoms with Crippen molar-refractivity contribution in [3.8, 4) is 17.9 Å². The van der Waals surface area contributed by atoms with E-state index >= 15 is 0 Å². The van der Waals surface area contributed by atoms with Gasteiger partial charge in [-0.05, 0) is 72.7 Å². The number of anilines is 1. The van der Waals surface area contributed by atoms with E-state index in [2.05, 4.69) is 34.2 Å². The van der Waals surface area contributed by atoms with Gasteiger partial charge >= 0.3 is 0 Å². The fourth-order valence-corrected chi connectivity index (χ4v) is 6.33. The van der Waals surface area contributed by atoms with Gasteiger partial charge in [0.1, 0.15) is 0 Å². The number of nitrogens with one attached hydrogen (secondary N) is 1. The van der Waals surface area contributed by atoms with Crippen molar-refractivity contribution in [2.75, 3.05) is 44.3 Å². The summed E-state index contributed by atoms with van der Waals surface area (Å²) in [7, 11) is 0. The van der Waals surface area contributed by atoms with Crippen LogP contribution in [0.5, 0.6) is 0 Å². The quantitative estimate of drug-likeness (QED) is 0.674. The molecule has 5 nitrogen and oxygen atoms in total. The lowest BCUT2D eigenvalue weighted by molar-refractivity contribution is 0.0603. The second-order valence-corrected chi connectivity index (χ2v) is 9.56. The fraction of sp³-hybridized carbons (Fsp3) is 0.379. The smallest absolute Gasteiger partial charge is 0.193 e. The van der Waals surface area contributed by atoms with Crippen molar-refractivity contribution in [1.82, 2.24) is 5.32 Å². The molecule has 2 aromatic carbocycles. The number of Topliss-reactive ketones (excluding diaryl/α,β-unsaturated/α-hetero) is 1. The second kappa shape index (κ2) is 8.13. The van der Waals surface area contributed by atoms with Crippen LogP contribution in [0.3, 0.4) is 0 Å². The summed E-state index contributed by atoms with van der Waals surface area (Å²) < 4.78 is 5.82. The first-order valence-corrected chi connectivity index (χ1v) is 12.1. The van der Waals surface area contributed by atoms with Gasteiger partial charge in [-0.2, -0.15) is 5.26 Å². The van der Waals surface area contributed by atoms with Gasteiger partial charge in [0, 0.05) is 61.5 Å². The largest absolute Gasteiger partial charge is 0.381 e. The van der Waals surface area contributed by atoms with Crippen LogP contribution in [-0.2, 0) is 16.6 Å². The minimum Gasteiger partial charge on any atom is -0.381 e. The number of fused-ring (bicyclic) bond motifs is 5. The average Bonchev–Trinajstić information content (AvgIpc) is 3.28. The molecule has 0 unspecified atom stereocenters. The molecule has 2 aliphatic carbocycles. The molecule has 0 radical (unpaired) electrons.